The number of rotatable bonds is 0. The maximum atomic E-state index is 10.3. The average molecular weight is 333 g/mol. The Morgan fingerprint density at radius 3 is 1.10 bits per heavy atom. The van der Waals surface area contributed by atoms with E-state index in [9.17, 15) is 9.59 Å². The molecule has 8 nitrogen and oxygen atoms in total. The summed E-state index contributed by atoms with van der Waals surface area (Å²) in [4.78, 5) is 23.3. The normalized spacial score (nSPS) is 17.8. The zero-order valence-corrected chi connectivity index (χ0v) is 12.7. The molecule has 2 saturated heterocycles. The molecular formula is C10H22Cl2N4O4. The summed E-state index contributed by atoms with van der Waals surface area (Å²) in [5, 5.41) is 23.0. The Bertz CT molecular complexity index is 256. The van der Waals surface area contributed by atoms with Crippen LogP contribution in [0, 0.1) is 0 Å². The van der Waals surface area contributed by atoms with Crippen molar-refractivity contribution in [3.8, 4) is 0 Å². The second-order valence-electron chi connectivity index (χ2n) is 4.04. The first-order valence-electron chi connectivity index (χ1n) is 5.98. The van der Waals surface area contributed by atoms with Crippen molar-refractivity contribution in [3.63, 3.8) is 0 Å². The van der Waals surface area contributed by atoms with Crippen molar-refractivity contribution in [1.29, 1.82) is 0 Å². The van der Waals surface area contributed by atoms with Crippen molar-refractivity contribution in [1.82, 2.24) is 20.4 Å². The van der Waals surface area contributed by atoms with Crippen LogP contribution in [0.1, 0.15) is 0 Å². The molecule has 10 heteroatoms. The highest BCUT2D eigenvalue weighted by Crippen LogP contribution is 1.91. The van der Waals surface area contributed by atoms with Gasteiger partial charge in [0.1, 0.15) is 0 Å². The second kappa shape index (κ2) is 11.8. The lowest BCUT2D eigenvalue weighted by molar-refractivity contribution is 0.138. The molecule has 2 fully saturated rings. The lowest BCUT2D eigenvalue weighted by Crippen LogP contribution is -2.45. The van der Waals surface area contributed by atoms with E-state index >= 15 is 0 Å². The molecule has 2 rings (SSSR count). The van der Waals surface area contributed by atoms with Crippen molar-refractivity contribution in [2.24, 2.45) is 0 Å². The molecule has 2 aliphatic heterocycles. The minimum atomic E-state index is -0.809. The van der Waals surface area contributed by atoms with Gasteiger partial charge in [-0.3, -0.25) is 0 Å². The number of amides is 2. The Morgan fingerprint density at radius 2 is 0.950 bits per heavy atom. The molecule has 0 bridgehead atoms. The SMILES string of the molecule is Cl.Cl.O=C(O)N1CCNCC1.O=C(O)N1CCNCC1. The molecule has 2 amide bonds. The van der Waals surface area contributed by atoms with Gasteiger partial charge in [0.15, 0.2) is 0 Å². The average Bonchev–Trinajstić information content (AvgIpc) is 2.41. The predicted molar refractivity (Wildman–Crippen MR) is 79.4 cm³/mol. The van der Waals surface area contributed by atoms with E-state index in [0.717, 1.165) is 26.2 Å². The predicted octanol–water partition coefficient (Wildman–Crippen LogP) is -0.0172. The zero-order valence-electron chi connectivity index (χ0n) is 11.1. The van der Waals surface area contributed by atoms with E-state index in [1.165, 1.54) is 9.80 Å². The Kier molecular flexibility index (Phi) is 12.6. The maximum absolute atomic E-state index is 10.3. The van der Waals surface area contributed by atoms with Crippen LogP contribution in [0.25, 0.3) is 0 Å². The van der Waals surface area contributed by atoms with Crippen LogP contribution >= 0.6 is 24.8 Å². The number of halogens is 2. The third-order valence-electron chi connectivity index (χ3n) is 2.78. The summed E-state index contributed by atoms with van der Waals surface area (Å²) in [5.74, 6) is 0. The molecule has 2 heterocycles. The van der Waals surface area contributed by atoms with E-state index in [-0.39, 0.29) is 24.8 Å². The fourth-order valence-electron chi connectivity index (χ4n) is 1.71. The van der Waals surface area contributed by atoms with Gasteiger partial charge in [-0.1, -0.05) is 0 Å². The summed E-state index contributed by atoms with van der Waals surface area (Å²) in [5.41, 5.74) is 0. The van der Waals surface area contributed by atoms with Gasteiger partial charge in [-0.15, -0.1) is 24.8 Å². The van der Waals surface area contributed by atoms with Gasteiger partial charge in [-0.25, -0.2) is 9.59 Å². The second-order valence-corrected chi connectivity index (χ2v) is 4.04. The van der Waals surface area contributed by atoms with Gasteiger partial charge in [0, 0.05) is 52.4 Å². The summed E-state index contributed by atoms with van der Waals surface area (Å²) in [6.07, 6.45) is -1.62. The number of hydrogen-bond donors (Lipinski definition) is 4. The molecule has 4 N–H and O–H groups in total. The molecular weight excluding hydrogens is 311 g/mol. The summed E-state index contributed by atoms with van der Waals surface area (Å²) in [6.45, 7) is 5.62. The third-order valence-corrected chi connectivity index (χ3v) is 2.78. The molecule has 0 atom stereocenters. The first kappa shape index (κ1) is 21.3. The van der Waals surface area contributed by atoms with Gasteiger partial charge in [0.25, 0.3) is 0 Å². The van der Waals surface area contributed by atoms with E-state index in [2.05, 4.69) is 10.6 Å². The van der Waals surface area contributed by atoms with Gasteiger partial charge in [-0.05, 0) is 0 Å². The Morgan fingerprint density at radius 1 is 0.700 bits per heavy atom. The number of hydrogen-bond acceptors (Lipinski definition) is 4. The van der Waals surface area contributed by atoms with Gasteiger partial charge >= 0.3 is 12.2 Å². The standard InChI is InChI=1S/2C5H10N2O2.2ClH/c2*8-5(9)7-3-1-6-2-4-7;;/h2*6H,1-4H2,(H,8,9);2*1H. The molecule has 0 aromatic heterocycles. The van der Waals surface area contributed by atoms with Crippen LogP contribution in [0.4, 0.5) is 9.59 Å². The first-order chi connectivity index (χ1) is 8.61. The molecule has 0 spiro atoms. The minimum absolute atomic E-state index is 0. The summed E-state index contributed by atoms with van der Waals surface area (Å²) in [7, 11) is 0. The molecule has 0 saturated carbocycles. The van der Waals surface area contributed by atoms with Crippen LogP contribution < -0.4 is 10.6 Å². The molecule has 0 aromatic carbocycles. The van der Waals surface area contributed by atoms with Crippen molar-refractivity contribution in [2.75, 3.05) is 52.4 Å². The van der Waals surface area contributed by atoms with Crippen LogP contribution in [-0.4, -0.2) is 84.6 Å². The number of carboxylic acid groups (broad SMARTS) is 2. The molecule has 0 aromatic rings. The first-order valence-corrected chi connectivity index (χ1v) is 5.98. The van der Waals surface area contributed by atoms with Crippen LogP contribution in [0.15, 0.2) is 0 Å². The number of piperazine rings is 2. The third kappa shape index (κ3) is 8.26. The fraction of sp³-hybridized carbons (Fsp3) is 0.800. The highest BCUT2D eigenvalue weighted by atomic mass is 35.5. The minimum Gasteiger partial charge on any atom is -0.465 e. The summed E-state index contributed by atoms with van der Waals surface area (Å²) in [6, 6.07) is 0. The van der Waals surface area contributed by atoms with Crippen LogP contribution in [0.2, 0.25) is 0 Å². The van der Waals surface area contributed by atoms with Crippen molar-refractivity contribution >= 4 is 37.0 Å². The molecule has 0 radical (unpaired) electrons. The topological polar surface area (TPSA) is 105 Å². The van der Waals surface area contributed by atoms with Crippen molar-refractivity contribution in [3.05, 3.63) is 0 Å². The van der Waals surface area contributed by atoms with Crippen LogP contribution in [0.5, 0.6) is 0 Å². The van der Waals surface area contributed by atoms with E-state index in [4.69, 9.17) is 10.2 Å². The number of nitrogens with one attached hydrogen (secondary N) is 2. The molecule has 120 valence electrons. The van der Waals surface area contributed by atoms with E-state index < -0.39 is 12.2 Å². The van der Waals surface area contributed by atoms with E-state index in [1.807, 2.05) is 0 Å². The smallest absolute Gasteiger partial charge is 0.407 e. The van der Waals surface area contributed by atoms with Gasteiger partial charge in [0.05, 0.1) is 0 Å². The van der Waals surface area contributed by atoms with E-state index in [1.54, 1.807) is 0 Å². The monoisotopic (exact) mass is 332 g/mol. The van der Waals surface area contributed by atoms with Gasteiger partial charge in [0.2, 0.25) is 0 Å². The Hall–Kier alpha value is -0.960. The van der Waals surface area contributed by atoms with E-state index in [0.29, 0.717) is 26.2 Å². The molecule has 20 heavy (non-hydrogen) atoms. The number of nitrogens with zero attached hydrogens (tertiary/aromatic N) is 2. The molecule has 0 aliphatic carbocycles. The maximum Gasteiger partial charge on any atom is 0.407 e. The quantitative estimate of drug-likeness (QED) is 0.497. The largest absolute Gasteiger partial charge is 0.465 e. The zero-order chi connectivity index (χ0) is 13.4. The fourth-order valence-corrected chi connectivity index (χ4v) is 1.71. The van der Waals surface area contributed by atoms with Gasteiger partial charge in [-0.2, -0.15) is 0 Å². The summed E-state index contributed by atoms with van der Waals surface area (Å²) < 4.78 is 0. The van der Waals surface area contributed by atoms with Crippen molar-refractivity contribution in [2.45, 2.75) is 0 Å². The van der Waals surface area contributed by atoms with Crippen molar-refractivity contribution < 1.29 is 19.8 Å². The number of carbonyl (C=O) groups is 2. The Balaban J connectivity index is 0. The Labute approximate surface area is 130 Å². The highest BCUT2D eigenvalue weighted by molar-refractivity contribution is 5.85. The molecule has 0 unspecified atom stereocenters. The van der Waals surface area contributed by atoms with Crippen LogP contribution in [0.3, 0.4) is 0 Å². The highest BCUT2D eigenvalue weighted by Gasteiger charge is 2.13. The lowest BCUT2D eigenvalue weighted by atomic mass is 10.4. The lowest BCUT2D eigenvalue weighted by Gasteiger charge is -2.23. The van der Waals surface area contributed by atoms with Gasteiger partial charge < -0.3 is 30.6 Å². The van der Waals surface area contributed by atoms with Crippen LogP contribution in [-0.2, 0) is 0 Å². The summed E-state index contributed by atoms with van der Waals surface area (Å²) >= 11 is 0. The molecule has 2 aliphatic rings.